The van der Waals surface area contributed by atoms with Crippen LogP contribution in [0.5, 0.6) is 0 Å². The van der Waals surface area contributed by atoms with Crippen LogP contribution in [0.25, 0.3) is 0 Å². The van der Waals surface area contributed by atoms with Crippen LogP contribution in [0.3, 0.4) is 0 Å². The van der Waals surface area contributed by atoms with E-state index in [1.54, 1.807) is 6.92 Å². The number of methoxy groups -OCH3 is 1. The predicted molar refractivity (Wildman–Crippen MR) is 56.5 cm³/mol. The van der Waals surface area contributed by atoms with E-state index < -0.39 is 25.5 Å². The molecule has 0 amide bonds. The monoisotopic (exact) mass is 248 g/mol. The highest BCUT2D eigenvalue weighted by atomic mass is 32.2. The van der Waals surface area contributed by atoms with Gasteiger partial charge >= 0.3 is 5.97 Å². The minimum Gasteiger partial charge on any atom is -0.465 e. The Hall–Kier alpha value is -0.620. The number of carbonyl (C=O) groups excluding carboxylic acids is 1. The Morgan fingerprint density at radius 1 is 1.25 bits per heavy atom. The lowest BCUT2D eigenvalue weighted by molar-refractivity contribution is -0.143. The molecule has 6 heteroatoms. The largest absolute Gasteiger partial charge is 0.465 e. The number of ether oxygens (including phenoxy) is 2. The first-order valence-corrected chi connectivity index (χ1v) is 6.91. The van der Waals surface area contributed by atoms with Gasteiger partial charge in [0.2, 0.25) is 0 Å². The molecular formula is C10H16O5S. The van der Waals surface area contributed by atoms with Crippen molar-refractivity contribution in [3.63, 3.8) is 0 Å². The zero-order valence-electron chi connectivity index (χ0n) is 9.49. The van der Waals surface area contributed by atoms with E-state index in [0.29, 0.717) is 25.7 Å². The third-order valence-corrected chi connectivity index (χ3v) is 6.54. The summed E-state index contributed by atoms with van der Waals surface area (Å²) in [6.45, 7) is 1.87. The van der Waals surface area contributed by atoms with Crippen LogP contribution in [0.2, 0.25) is 0 Å². The Morgan fingerprint density at radius 3 is 2.12 bits per heavy atom. The number of sulfone groups is 1. The maximum atomic E-state index is 12.3. The second-order valence-electron chi connectivity index (χ2n) is 4.33. The first-order valence-electron chi connectivity index (χ1n) is 5.42. The van der Waals surface area contributed by atoms with Crippen LogP contribution in [0.4, 0.5) is 0 Å². The van der Waals surface area contributed by atoms with Gasteiger partial charge in [0.1, 0.15) is 0 Å². The Labute approximate surface area is 95.0 Å². The standard InChI is InChI=1S/C10H16O5S/c1-3-15-8(11)9(4-5-9)16(12,13)10(14-2)6-7-10/h3-7H2,1-2H3. The molecule has 0 atom stereocenters. The van der Waals surface area contributed by atoms with Crippen LogP contribution in [0.1, 0.15) is 32.6 Å². The second-order valence-corrected chi connectivity index (χ2v) is 6.87. The molecule has 5 nitrogen and oxygen atoms in total. The van der Waals surface area contributed by atoms with E-state index in [1.807, 2.05) is 0 Å². The molecule has 92 valence electrons. The Morgan fingerprint density at radius 2 is 1.81 bits per heavy atom. The maximum absolute atomic E-state index is 12.3. The smallest absolute Gasteiger partial charge is 0.327 e. The molecule has 0 aliphatic heterocycles. The highest BCUT2D eigenvalue weighted by Crippen LogP contribution is 2.57. The summed E-state index contributed by atoms with van der Waals surface area (Å²) in [5, 5.41) is 0. The van der Waals surface area contributed by atoms with Crippen LogP contribution in [-0.4, -0.2) is 37.8 Å². The summed E-state index contributed by atoms with van der Waals surface area (Å²) in [4.78, 5) is 10.6. The summed E-state index contributed by atoms with van der Waals surface area (Å²) in [6.07, 6.45) is 1.68. The zero-order valence-corrected chi connectivity index (χ0v) is 10.3. The minimum atomic E-state index is -3.58. The fourth-order valence-electron chi connectivity index (χ4n) is 2.00. The normalized spacial score (nSPS) is 24.9. The molecule has 2 fully saturated rings. The molecule has 0 heterocycles. The van der Waals surface area contributed by atoms with Gasteiger partial charge in [0.15, 0.2) is 19.5 Å². The number of rotatable bonds is 5. The Kier molecular flexibility index (Phi) is 2.54. The molecule has 0 bridgehead atoms. The quantitative estimate of drug-likeness (QED) is 0.667. The van der Waals surface area contributed by atoms with Crippen LogP contribution in [-0.2, 0) is 24.1 Å². The molecule has 0 aromatic heterocycles. The van der Waals surface area contributed by atoms with E-state index in [2.05, 4.69) is 0 Å². The first-order chi connectivity index (χ1) is 7.46. The number of hydrogen-bond donors (Lipinski definition) is 0. The van der Waals surface area contributed by atoms with Gasteiger partial charge in [-0.25, -0.2) is 8.42 Å². The summed E-state index contributed by atoms with van der Waals surface area (Å²) < 4.78 is 33.3. The minimum absolute atomic E-state index is 0.204. The molecule has 0 aromatic carbocycles. The average molecular weight is 248 g/mol. The highest BCUT2D eigenvalue weighted by Gasteiger charge is 2.72. The van der Waals surface area contributed by atoms with E-state index >= 15 is 0 Å². The summed E-state index contributed by atoms with van der Waals surface area (Å²) in [6, 6.07) is 0. The molecule has 0 aromatic rings. The van der Waals surface area contributed by atoms with E-state index in [0.717, 1.165) is 0 Å². The summed E-state index contributed by atoms with van der Waals surface area (Å²) >= 11 is 0. The van der Waals surface area contributed by atoms with Gasteiger partial charge in [0, 0.05) is 7.11 Å². The lowest BCUT2D eigenvalue weighted by Gasteiger charge is -2.21. The van der Waals surface area contributed by atoms with Crippen LogP contribution in [0.15, 0.2) is 0 Å². The molecule has 0 unspecified atom stereocenters. The van der Waals surface area contributed by atoms with Crippen molar-refractivity contribution >= 4 is 15.8 Å². The van der Waals surface area contributed by atoms with Crippen LogP contribution >= 0.6 is 0 Å². The number of esters is 1. The van der Waals surface area contributed by atoms with Gasteiger partial charge in [-0.15, -0.1) is 0 Å². The number of hydrogen-bond acceptors (Lipinski definition) is 5. The van der Waals surface area contributed by atoms with Crippen molar-refractivity contribution in [1.82, 2.24) is 0 Å². The first kappa shape index (κ1) is 11.9. The molecule has 2 rings (SSSR count). The molecule has 0 spiro atoms. The third kappa shape index (κ3) is 1.32. The van der Waals surface area contributed by atoms with Gasteiger partial charge in [-0.3, -0.25) is 4.79 Å². The zero-order chi connectivity index (χ0) is 12.0. The van der Waals surface area contributed by atoms with Gasteiger partial charge in [0.25, 0.3) is 0 Å². The Bertz CT molecular complexity index is 403. The van der Waals surface area contributed by atoms with Crippen molar-refractivity contribution in [2.75, 3.05) is 13.7 Å². The average Bonchev–Trinajstić information content (AvgIpc) is 3.12. The van der Waals surface area contributed by atoms with E-state index in [4.69, 9.17) is 9.47 Å². The lowest BCUT2D eigenvalue weighted by Crippen LogP contribution is -2.43. The van der Waals surface area contributed by atoms with Gasteiger partial charge in [0.05, 0.1) is 6.61 Å². The summed E-state index contributed by atoms with van der Waals surface area (Å²) in [5.74, 6) is -0.613. The summed E-state index contributed by atoms with van der Waals surface area (Å²) in [7, 11) is -2.20. The fourth-order valence-corrected chi connectivity index (χ4v) is 4.49. The van der Waals surface area contributed by atoms with Gasteiger partial charge < -0.3 is 9.47 Å². The van der Waals surface area contributed by atoms with Crippen molar-refractivity contribution < 1.29 is 22.7 Å². The maximum Gasteiger partial charge on any atom is 0.327 e. The second kappa shape index (κ2) is 3.43. The third-order valence-electron chi connectivity index (χ3n) is 3.39. The molecule has 0 saturated heterocycles. The molecule has 0 N–H and O–H groups in total. The van der Waals surface area contributed by atoms with E-state index in [1.165, 1.54) is 7.11 Å². The summed E-state index contributed by atoms with van der Waals surface area (Å²) in [5.41, 5.74) is 0. The predicted octanol–water partition coefficient (Wildman–Crippen LogP) is 0.633. The van der Waals surface area contributed by atoms with Gasteiger partial charge in [-0.1, -0.05) is 0 Å². The van der Waals surface area contributed by atoms with Crippen molar-refractivity contribution in [1.29, 1.82) is 0 Å². The van der Waals surface area contributed by atoms with Crippen molar-refractivity contribution in [3.05, 3.63) is 0 Å². The van der Waals surface area contributed by atoms with E-state index in [-0.39, 0.29) is 6.61 Å². The molecule has 2 saturated carbocycles. The molecule has 16 heavy (non-hydrogen) atoms. The van der Waals surface area contributed by atoms with Crippen molar-refractivity contribution in [3.8, 4) is 0 Å². The molecule has 0 radical (unpaired) electrons. The SMILES string of the molecule is CCOC(=O)C1(S(=O)(=O)C2(OC)CC2)CC1. The van der Waals surface area contributed by atoms with Gasteiger partial charge in [-0.05, 0) is 32.6 Å². The van der Waals surface area contributed by atoms with Crippen molar-refractivity contribution in [2.45, 2.75) is 42.3 Å². The topological polar surface area (TPSA) is 69.7 Å². The van der Waals surface area contributed by atoms with Crippen LogP contribution in [0, 0.1) is 0 Å². The molecular weight excluding hydrogens is 232 g/mol. The van der Waals surface area contributed by atoms with Gasteiger partial charge in [-0.2, -0.15) is 0 Å². The highest BCUT2D eigenvalue weighted by molar-refractivity contribution is 7.95. The van der Waals surface area contributed by atoms with Crippen molar-refractivity contribution in [2.24, 2.45) is 0 Å². The van der Waals surface area contributed by atoms with Crippen LogP contribution < -0.4 is 0 Å². The molecule has 2 aliphatic carbocycles. The Balaban J connectivity index is 2.28. The molecule has 2 aliphatic rings. The fraction of sp³-hybridized carbons (Fsp3) is 0.900. The number of carbonyl (C=O) groups is 1. The lowest BCUT2D eigenvalue weighted by atomic mass is 10.4. The van der Waals surface area contributed by atoms with E-state index in [9.17, 15) is 13.2 Å².